The van der Waals surface area contributed by atoms with Crippen LogP contribution in [-0.2, 0) is 6.61 Å². The van der Waals surface area contributed by atoms with Gasteiger partial charge >= 0.3 is 0 Å². The molecular formula is C14H13F2NO2. The first-order valence-corrected chi connectivity index (χ1v) is 5.61. The molecule has 0 amide bonds. The van der Waals surface area contributed by atoms with Crippen LogP contribution in [0.2, 0.25) is 0 Å². The molecule has 2 aromatic carbocycles. The number of methoxy groups -OCH3 is 1. The van der Waals surface area contributed by atoms with Crippen LogP contribution in [-0.4, -0.2) is 7.11 Å². The molecule has 0 saturated carbocycles. The topological polar surface area (TPSA) is 44.5 Å². The Morgan fingerprint density at radius 3 is 2.42 bits per heavy atom. The van der Waals surface area contributed by atoms with Gasteiger partial charge in [0.15, 0.2) is 0 Å². The first-order valence-electron chi connectivity index (χ1n) is 5.61. The molecule has 0 bridgehead atoms. The fourth-order valence-electron chi connectivity index (χ4n) is 1.59. The maximum absolute atomic E-state index is 13.4. The Hall–Kier alpha value is -2.30. The van der Waals surface area contributed by atoms with Gasteiger partial charge in [0, 0.05) is 6.07 Å². The number of anilines is 1. The summed E-state index contributed by atoms with van der Waals surface area (Å²) in [5.74, 6) is -0.428. The van der Waals surface area contributed by atoms with E-state index in [9.17, 15) is 8.78 Å². The fraction of sp³-hybridized carbons (Fsp3) is 0.143. The van der Waals surface area contributed by atoms with Gasteiger partial charge in [-0.3, -0.25) is 0 Å². The summed E-state index contributed by atoms with van der Waals surface area (Å²) in [6.07, 6.45) is 0. The summed E-state index contributed by atoms with van der Waals surface area (Å²) < 4.78 is 37.2. The third-order valence-electron chi connectivity index (χ3n) is 2.65. The van der Waals surface area contributed by atoms with Crippen molar-refractivity contribution < 1.29 is 18.3 Å². The van der Waals surface area contributed by atoms with E-state index in [1.807, 2.05) is 0 Å². The Morgan fingerprint density at radius 2 is 1.79 bits per heavy atom. The van der Waals surface area contributed by atoms with E-state index >= 15 is 0 Å². The van der Waals surface area contributed by atoms with Crippen LogP contribution in [0.5, 0.6) is 11.5 Å². The molecule has 2 aromatic rings. The van der Waals surface area contributed by atoms with Crippen LogP contribution < -0.4 is 15.2 Å². The molecule has 0 fully saturated rings. The lowest BCUT2D eigenvalue weighted by Crippen LogP contribution is -2.03. The standard InChI is InChI=1S/C14H13F2NO2/c1-18-9-5-6-13(17)14(7-9)19-8-10-11(15)3-2-4-12(10)16/h2-7H,8,17H2,1H3. The van der Waals surface area contributed by atoms with Gasteiger partial charge in [0.25, 0.3) is 0 Å². The lowest BCUT2D eigenvalue weighted by Gasteiger charge is -2.11. The maximum atomic E-state index is 13.4. The predicted molar refractivity (Wildman–Crippen MR) is 68.1 cm³/mol. The van der Waals surface area contributed by atoms with Gasteiger partial charge in [-0.2, -0.15) is 0 Å². The second-order valence-corrected chi connectivity index (χ2v) is 3.89. The number of halogens is 2. The van der Waals surface area contributed by atoms with Gasteiger partial charge in [0.2, 0.25) is 0 Å². The summed E-state index contributed by atoms with van der Waals surface area (Å²) in [7, 11) is 1.51. The Balaban J connectivity index is 2.19. The first-order chi connectivity index (χ1) is 9.11. The molecule has 2 rings (SSSR count). The van der Waals surface area contributed by atoms with Crippen LogP contribution in [0.1, 0.15) is 5.56 Å². The van der Waals surface area contributed by atoms with Gasteiger partial charge in [0.1, 0.15) is 29.7 Å². The van der Waals surface area contributed by atoms with Crippen molar-refractivity contribution >= 4 is 5.69 Å². The minimum Gasteiger partial charge on any atom is -0.497 e. The maximum Gasteiger partial charge on any atom is 0.146 e. The molecule has 19 heavy (non-hydrogen) atoms. The molecule has 100 valence electrons. The van der Waals surface area contributed by atoms with E-state index in [1.165, 1.54) is 25.3 Å². The first kappa shape index (κ1) is 13.1. The molecule has 0 spiro atoms. The summed E-state index contributed by atoms with van der Waals surface area (Å²) in [4.78, 5) is 0. The number of hydrogen-bond donors (Lipinski definition) is 1. The minimum atomic E-state index is -0.651. The van der Waals surface area contributed by atoms with Crippen molar-refractivity contribution in [2.24, 2.45) is 0 Å². The number of hydrogen-bond acceptors (Lipinski definition) is 3. The van der Waals surface area contributed by atoms with E-state index in [0.29, 0.717) is 17.2 Å². The van der Waals surface area contributed by atoms with Crippen LogP contribution in [0.3, 0.4) is 0 Å². The van der Waals surface area contributed by atoms with Crippen molar-refractivity contribution in [1.82, 2.24) is 0 Å². The van der Waals surface area contributed by atoms with Gasteiger partial charge in [-0.15, -0.1) is 0 Å². The fourth-order valence-corrected chi connectivity index (χ4v) is 1.59. The van der Waals surface area contributed by atoms with Crippen molar-refractivity contribution in [3.63, 3.8) is 0 Å². The van der Waals surface area contributed by atoms with Crippen molar-refractivity contribution in [1.29, 1.82) is 0 Å². The monoisotopic (exact) mass is 265 g/mol. The predicted octanol–water partition coefficient (Wildman–Crippen LogP) is 3.13. The van der Waals surface area contributed by atoms with Crippen molar-refractivity contribution in [2.45, 2.75) is 6.61 Å². The van der Waals surface area contributed by atoms with Gasteiger partial charge in [-0.1, -0.05) is 6.07 Å². The van der Waals surface area contributed by atoms with Crippen LogP contribution in [0.4, 0.5) is 14.5 Å². The van der Waals surface area contributed by atoms with E-state index in [-0.39, 0.29) is 12.2 Å². The van der Waals surface area contributed by atoms with E-state index < -0.39 is 11.6 Å². The van der Waals surface area contributed by atoms with Gasteiger partial charge in [0.05, 0.1) is 18.4 Å². The van der Waals surface area contributed by atoms with Gasteiger partial charge < -0.3 is 15.2 Å². The Bertz CT molecular complexity index is 567. The summed E-state index contributed by atoms with van der Waals surface area (Å²) >= 11 is 0. The van der Waals surface area contributed by atoms with Crippen molar-refractivity contribution in [3.05, 3.63) is 53.6 Å². The quantitative estimate of drug-likeness (QED) is 0.864. The molecule has 0 aliphatic rings. The molecule has 5 heteroatoms. The molecule has 2 N–H and O–H groups in total. The van der Waals surface area contributed by atoms with Crippen molar-refractivity contribution in [2.75, 3.05) is 12.8 Å². The molecule has 0 aliphatic carbocycles. The average Bonchev–Trinajstić information content (AvgIpc) is 2.40. The molecule has 0 aromatic heterocycles. The van der Waals surface area contributed by atoms with Crippen LogP contribution in [0.15, 0.2) is 36.4 Å². The number of ether oxygens (including phenoxy) is 2. The highest BCUT2D eigenvalue weighted by atomic mass is 19.1. The van der Waals surface area contributed by atoms with Crippen LogP contribution >= 0.6 is 0 Å². The zero-order valence-electron chi connectivity index (χ0n) is 10.3. The second kappa shape index (κ2) is 5.56. The summed E-state index contributed by atoms with van der Waals surface area (Å²) in [5.41, 5.74) is 5.95. The second-order valence-electron chi connectivity index (χ2n) is 3.89. The zero-order valence-corrected chi connectivity index (χ0v) is 10.3. The average molecular weight is 265 g/mol. The number of benzene rings is 2. The minimum absolute atomic E-state index is 0.135. The summed E-state index contributed by atoms with van der Waals surface area (Å²) in [6, 6.07) is 8.49. The lowest BCUT2D eigenvalue weighted by atomic mass is 10.2. The molecule has 0 saturated heterocycles. The largest absolute Gasteiger partial charge is 0.497 e. The Kier molecular flexibility index (Phi) is 3.85. The normalized spacial score (nSPS) is 10.3. The van der Waals surface area contributed by atoms with E-state index in [0.717, 1.165) is 0 Å². The summed E-state index contributed by atoms with van der Waals surface area (Å²) in [5, 5.41) is 0. The highest BCUT2D eigenvalue weighted by Crippen LogP contribution is 2.28. The summed E-state index contributed by atoms with van der Waals surface area (Å²) in [6.45, 7) is -0.240. The molecule has 3 nitrogen and oxygen atoms in total. The molecule has 0 unspecified atom stereocenters. The molecular weight excluding hydrogens is 252 g/mol. The van der Waals surface area contributed by atoms with E-state index in [4.69, 9.17) is 15.2 Å². The highest BCUT2D eigenvalue weighted by molar-refractivity contribution is 5.55. The SMILES string of the molecule is COc1ccc(N)c(OCc2c(F)cccc2F)c1. The Morgan fingerprint density at radius 1 is 1.11 bits per heavy atom. The molecule has 0 aliphatic heterocycles. The third-order valence-corrected chi connectivity index (χ3v) is 2.65. The van der Waals surface area contributed by atoms with Gasteiger partial charge in [-0.25, -0.2) is 8.78 Å². The number of rotatable bonds is 4. The molecule has 0 atom stereocenters. The number of nitrogen functional groups attached to an aromatic ring is 1. The third kappa shape index (κ3) is 2.93. The van der Waals surface area contributed by atoms with E-state index in [1.54, 1.807) is 18.2 Å². The Labute approximate surface area is 109 Å². The van der Waals surface area contributed by atoms with Crippen LogP contribution in [0.25, 0.3) is 0 Å². The zero-order chi connectivity index (χ0) is 13.8. The molecule has 0 heterocycles. The smallest absolute Gasteiger partial charge is 0.146 e. The highest BCUT2D eigenvalue weighted by Gasteiger charge is 2.10. The van der Waals surface area contributed by atoms with E-state index in [2.05, 4.69) is 0 Å². The molecule has 0 radical (unpaired) electrons. The number of nitrogens with two attached hydrogens (primary N) is 1. The lowest BCUT2D eigenvalue weighted by molar-refractivity contribution is 0.292. The van der Waals surface area contributed by atoms with Crippen molar-refractivity contribution in [3.8, 4) is 11.5 Å². The van der Waals surface area contributed by atoms with Gasteiger partial charge in [-0.05, 0) is 24.3 Å². The van der Waals surface area contributed by atoms with Crippen LogP contribution in [0, 0.1) is 11.6 Å².